The van der Waals surface area contributed by atoms with E-state index in [2.05, 4.69) is 14.8 Å². The Morgan fingerprint density at radius 3 is 2.57 bits per heavy atom. The molecule has 1 aliphatic heterocycles. The van der Waals surface area contributed by atoms with Gasteiger partial charge < -0.3 is 9.80 Å². The van der Waals surface area contributed by atoms with Gasteiger partial charge in [-0.3, -0.25) is 4.79 Å². The predicted molar refractivity (Wildman–Crippen MR) is 82.9 cm³/mol. The topological polar surface area (TPSA) is 36.4 Å². The van der Waals surface area contributed by atoms with Crippen LogP contribution in [0.2, 0.25) is 0 Å². The zero-order valence-electron chi connectivity index (χ0n) is 11.8. The lowest BCUT2D eigenvalue weighted by atomic mass is 10.1. The molecule has 1 saturated heterocycles. The molecule has 3 rings (SSSR count). The minimum absolute atomic E-state index is 0.105. The summed E-state index contributed by atoms with van der Waals surface area (Å²) in [6.45, 7) is 4.77. The number of halogens is 1. The van der Waals surface area contributed by atoms with Gasteiger partial charge in [-0.2, -0.15) is 0 Å². The van der Waals surface area contributed by atoms with Crippen molar-refractivity contribution in [3.05, 3.63) is 41.2 Å². The molecule has 0 bridgehead atoms. The smallest absolute Gasteiger partial charge is 0.185 e. The van der Waals surface area contributed by atoms with Crippen molar-refractivity contribution < 1.29 is 9.18 Å². The van der Waals surface area contributed by atoms with Gasteiger partial charge in [-0.05, 0) is 25.1 Å². The normalized spacial score (nSPS) is 15.3. The maximum Gasteiger partial charge on any atom is 0.185 e. The number of thiazole rings is 1. The number of benzene rings is 1. The second kappa shape index (κ2) is 5.81. The van der Waals surface area contributed by atoms with Crippen molar-refractivity contribution in [1.82, 2.24) is 4.98 Å². The molecule has 0 spiro atoms. The van der Waals surface area contributed by atoms with E-state index in [9.17, 15) is 9.18 Å². The molecule has 0 N–H and O–H groups in total. The van der Waals surface area contributed by atoms with Gasteiger partial charge in [-0.1, -0.05) is 0 Å². The molecule has 1 fully saturated rings. The molecule has 1 aromatic carbocycles. The zero-order chi connectivity index (χ0) is 14.8. The number of Topliss-reactive ketones (excluding diaryl/α,β-unsaturated/α-hetero) is 1. The maximum atomic E-state index is 13.3. The number of nitrogens with zero attached hydrogens (tertiary/aromatic N) is 3. The lowest BCUT2D eigenvalue weighted by Crippen LogP contribution is -2.46. The van der Waals surface area contributed by atoms with Gasteiger partial charge in [0.2, 0.25) is 0 Å². The molecule has 6 heteroatoms. The van der Waals surface area contributed by atoms with Gasteiger partial charge in [-0.15, -0.1) is 11.3 Å². The van der Waals surface area contributed by atoms with E-state index in [0.717, 1.165) is 37.0 Å². The fraction of sp³-hybridized carbons (Fsp3) is 0.333. The highest BCUT2D eigenvalue weighted by atomic mass is 32.1. The molecule has 0 aliphatic carbocycles. The molecule has 0 atom stereocenters. The summed E-state index contributed by atoms with van der Waals surface area (Å²) in [7, 11) is 0. The number of carbonyl (C=O) groups excluding carboxylic acids is 1. The van der Waals surface area contributed by atoms with Gasteiger partial charge in [-0.25, -0.2) is 9.37 Å². The summed E-state index contributed by atoms with van der Waals surface area (Å²) in [5, 5.41) is 3.00. The molecule has 21 heavy (non-hydrogen) atoms. The third-order valence-corrected chi connectivity index (χ3v) is 4.48. The van der Waals surface area contributed by atoms with E-state index in [4.69, 9.17) is 0 Å². The van der Waals surface area contributed by atoms with Crippen molar-refractivity contribution in [1.29, 1.82) is 0 Å². The third kappa shape index (κ3) is 2.90. The SMILES string of the molecule is CC(=O)c1cc(F)ccc1N1CCN(c2nccs2)CC1. The molecule has 110 valence electrons. The van der Waals surface area contributed by atoms with Crippen LogP contribution in [0, 0.1) is 5.82 Å². The predicted octanol–water partition coefficient (Wildman–Crippen LogP) is 2.81. The van der Waals surface area contributed by atoms with Crippen LogP contribution >= 0.6 is 11.3 Å². The monoisotopic (exact) mass is 305 g/mol. The molecular formula is C15H16FN3OS. The van der Waals surface area contributed by atoms with Gasteiger partial charge in [0.25, 0.3) is 0 Å². The summed E-state index contributed by atoms with van der Waals surface area (Å²) in [6, 6.07) is 4.44. The quantitative estimate of drug-likeness (QED) is 0.817. The Morgan fingerprint density at radius 1 is 1.24 bits per heavy atom. The van der Waals surface area contributed by atoms with Crippen LogP contribution in [0.1, 0.15) is 17.3 Å². The molecule has 2 heterocycles. The van der Waals surface area contributed by atoms with Crippen molar-refractivity contribution in [2.24, 2.45) is 0 Å². The molecule has 2 aromatic rings. The minimum Gasteiger partial charge on any atom is -0.367 e. The molecule has 1 aliphatic rings. The van der Waals surface area contributed by atoms with E-state index >= 15 is 0 Å². The van der Waals surface area contributed by atoms with Crippen LogP contribution in [0.15, 0.2) is 29.8 Å². The molecular weight excluding hydrogens is 289 g/mol. The number of aromatic nitrogens is 1. The van der Waals surface area contributed by atoms with E-state index in [1.807, 2.05) is 5.38 Å². The van der Waals surface area contributed by atoms with Crippen molar-refractivity contribution in [2.75, 3.05) is 36.0 Å². The molecule has 0 radical (unpaired) electrons. The standard InChI is InChI=1S/C15H16FN3OS/c1-11(20)13-10-12(16)2-3-14(13)18-5-7-19(8-6-18)15-17-4-9-21-15/h2-4,9-10H,5-8H2,1H3. The number of piperazine rings is 1. The Kier molecular flexibility index (Phi) is 3.88. The lowest BCUT2D eigenvalue weighted by molar-refractivity contribution is 0.101. The van der Waals surface area contributed by atoms with Crippen molar-refractivity contribution >= 4 is 27.9 Å². The summed E-state index contributed by atoms with van der Waals surface area (Å²) in [4.78, 5) is 20.4. The van der Waals surface area contributed by atoms with Gasteiger partial charge in [0.1, 0.15) is 5.82 Å². The van der Waals surface area contributed by atoms with Crippen LogP contribution in [-0.4, -0.2) is 36.9 Å². The van der Waals surface area contributed by atoms with E-state index in [1.54, 1.807) is 23.6 Å². The van der Waals surface area contributed by atoms with Gasteiger partial charge in [0.15, 0.2) is 10.9 Å². The minimum atomic E-state index is -0.370. The van der Waals surface area contributed by atoms with Crippen LogP contribution in [0.4, 0.5) is 15.2 Å². The van der Waals surface area contributed by atoms with Crippen LogP contribution < -0.4 is 9.80 Å². The summed E-state index contributed by atoms with van der Waals surface area (Å²) in [5.74, 6) is -0.475. The molecule has 0 amide bonds. The number of hydrogen-bond donors (Lipinski definition) is 0. The average molecular weight is 305 g/mol. The number of carbonyl (C=O) groups is 1. The highest BCUT2D eigenvalue weighted by Crippen LogP contribution is 2.25. The molecule has 0 unspecified atom stereocenters. The first-order chi connectivity index (χ1) is 10.1. The molecule has 1 aromatic heterocycles. The Balaban J connectivity index is 1.76. The van der Waals surface area contributed by atoms with Crippen LogP contribution in [0.5, 0.6) is 0 Å². The Hall–Kier alpha value is -1.95. The second-order valence-electron chi connectivity index (χ2n) is 5.01. The van der Waals surface area contributed by atoms with Crippen LogP contribution in [0.25, 0.3) is 0 Å². The van der Waals surface area contributed by atoms with Gasteiger partial charge in [0, 0.05) is 49.0 Å². The summed E-state index contributed by atoms with van der Waals surface area (Å²) < 4.78 is 13.3. The maximum absolute atomic E-state index is 13.3. The molecule has 0 saturated carbocycles. The fourth-order valence-corrected chi connectivity index (χ4v) is 3.27. The number of ketones is 1. The number of anilines is 2. The number of hydrogen-bond acceptors (Lipinski definition) is 5. The third-order valence-electron chi connectivity index (χ3n) is 3.65. The van der Waals surface area contributed by atoms with Gasteiger partial charge in [0.05, 0.1) is 0 Å². The molecule has 4 nitrogen and oxygen atoms in total. The van der Waals surface area contributed by atoms with Crippen molar-refractivity contribution in [3.63, 3.8) is 0 Å². The highest BCUT2D eigenvalue weighted by molar-refractivity contribution is 7.13. The van der Waals surface area contributed by atoms with Crippen LogP contribution in [-0.2, 0) is 0 Å². The van der Waals surface area contributed by atoms with Crippen LogP contribution in [0.3, 0.4) is 0 Å². The first-order valence-corrected chi connectivity index (χ1v) is 7.73. The largest absolute Gasteiger partial charge is 0.367 e. The Morgan fingerprint density at radius 2 is 1.95 bits per heavy atom. The summed E-state index contributed by atoms with van der Waals surface area (Å²) in [6.07, 6.45) is 1.81. The zero-order valence-corrected chi connectivity index (χ0v) is 12.6. The van der Waals surface area contributed by atoms with E-state index in [-0.39, 0.29) is 11.6 Å². The van der Waals surface area contributed by atoms with Crippen molar-refractivity contribution in [2.45, 2.75) is 6.92 Å². The highest BCUT2D eigenvalue weighted by Gasteiger charge is 2.21. The first-order valence-electron chi connectivity index (χ1n) is 6.85. The Labute approximate surface area is 126 Å². The fourth-order valence-electron chi connectivity index (χ4n) is 2.58. The second-order valence-corrected chi connectivity index (χ2v) is 5.88. The van der Waals surface area contributed by atoms with Gasteiger partial charge >= 0.3 is 0 Å². The van der Waals surface area contributed by atoms with Crippen molar-refractivity contribution in [3.8, 4) is 0 Å². The summed E-state index contributed by atoms with van der Waals surface area (Å²) >= 11 is 1.63. The van der Waals surface area contributed by atoms with E-state index < -0.39 is 0 Å². The lowest BCUT2D eigenvalue weighted by Gasteiger charge is -2.36. The van der Waals surface area contributed by atoms with E-state index in [1.165, 1.54) is 19.1 Å². The number of rotatable bonds is 3. The Bertz CT molecular complexity index is 636. The van der Waals surface area contributed by atoms with E-state index in [0.29, 0.717) is 5.56 Å². The average Bonchev–Trinajstić information content (AvgIpc) is 3.01. The first kappa shape index (κ1) is 14.0. The summed E-state index contributed by atoms with van der Waals surface area (Å²) in [5.41, 5.74) is 1.28.